The largest absolute Gasteiger partial charge is 0.341 e. The lowest BCUT2D eigenvalue weighted by atomic mass is 10.2. The van der Waals surface area contributed by atoms with Crippen LogP contribution in [0.4, 0.5) is 5.69 Å². The van der Waals surface area contributed by atoms with Gasteiger partial charge in [-0.25, -0.2) is 0 Å². The van der Waals surface area contributed by atoms with Crippen molar-refractivity contribution in [3.8, 4) is 0 Å². The Bertz CT molecular complexity index is 521. The third kappa shape index (κ3) is 4.31. The Balaban J connectivity index is 1.84. The maximum absolute atomic E-state index is 12.3. The summed E-state index contributed by atoms with van der Waals surface area (Å²) in [4.78, 5) is 28.1. The van der Waals surface area contributed by atoms with E-state index in [9.17, 15) is 9.59 Å². The van der Waals surface area contributed by atoms with Gasteiger partial charge in [-0.15, -0.1) is 0 Å². The summed E-state index contributed by atoms with van der Waals surface area (Å²) in [5.74, 6) is 0.00978. The monoisotopic (exact) mass is 303 g/mol. The van der Waals surface area contributed by atoms with E-state index in [1.807, 2.05) is 50.1 Å². The number of hydrogen-bond donors (Lipinski definition) is 1. The fourth-order valence-corrected chi connectivity index (χ4v) is 2.59. The van der Waals surface area contributed by atoms with E-state index in [0.29, 0.717) is 0 Å². The molecule has 1 heterocycles. The fraction of sp³-hybridized carbons (Fsp3) is 0.529. The Morgan fingerprint density at radius 2 is 1.82 bits per heavy atom. The van der Waals surface area contributed by atoms with Gasteiger partial charge in [0.2, 0.25) is 11.8 Å². The van der Waals surface area contributed by atoms with Gasteiger partial charge in [-0.1, -0.05) is 17.7 Å². The van der Waals surface area contributed by atoms with Crippen LogP contribution < -0.4 is 5.32 Å². The van der Waals surface area contributed by atoms with Crippen LogP contribution >= 0.6 is 0 Å². The lowest BCUT2D eigenvalue weighted by Gasteiger charge is -2.27. The van der Waals surface area contributed by atoms with Gasteiger partial charge in [0, 0.05) is 18.8 Å². The average Bonchev–Trinajstić information content (AvgIpc) is 3.02. The van der Waals surface area contributed by atoms with Gasteiger partial charge in [0.1, 0.15) is 0 Å². The van der Waals surface area contributed by atoms with Gasteiger partial charge in [-0.3, -0.25) is 14.5 Å². The molecule has 2 amide bonds. The summed E-state index contributed by atoms with van der Waals surface area (Å²) in [6, 6.07) is 7.40. The number of anilines is 1. The maximum Gasteiger partial charge on any atom is 0.239 e. The van der Waals surface area contributed by atoms with Gasteiger partial charge in [0.05, 0.1) is 12.6 Å². The van der Waals surface area contributed by atoms with Crippen molar-refractivity contribution in [2.45, 2.75) is 32.7 Å². The molecule has 5 nitrogen and oxygen atoms in total. The second kappa shape index (κ2) is 7.40. The Morgan fingerprint density at radius 1 is 1.23 bits per heavy atom. The van der Waals surface area contributed by atoms with E-state index < -0.39 is 0 Å². The molecule has 1 aliphatic heterocycles. The van der Waals surface area contributed by atoms with Crippen LogP contribution in [0, 0.1) is 6.92 Å². The summed E-state index contributed by atoms with van der Waals surface area (Å²) in [6.07, 6.45) is 2.16. The predicted molar refractivity (Wildman–Crippen MR) is 87.7 cm³/mol. The zero-order valence-electron chi connectivity index (χ0n) is 13.6. The molecule has 1 saturated heterocycles. The number of rotatable bonds is 5. The van der Waals surface area contributed by atoms with E-state index in [0.717, 1.165) is 37.2 Å². The molecule has 1 atom stereocenters. The number of carbonyl (C=O) groups excluding carboxylic acids is 2. The third-order valence-electron chi connectivity index (χ3n) is 4.16. The van der Waals surface area contributed by atoms with Gasteiger partial charge < -0.3 is 10.2 Å². The van der Waals surface area contributed by atoms with Crippen molar-refractivity contribution >= 4 is 17.5 Å². The van der Waals surface area contributed by atoms with Crippen LogP contribution in [0.1, 0.15) is 25.3 Å². The first-order chi connectivity index (χ1) is 10.5. The van der Waals surface area contributed by atoms with Gasteiger partial charge in [-0.05, 0) is 45.9 Å². The molecule has 5 heteroatoms. The molecule has 0 aromatic heterocycles. The number of likely N-dealkylation sites (N-methyl/N-ethyl adjacent to an activating group) is 1. The number of amides is 2. The summed E-state index contributed by atoms with van der Waals surface area (Å²) in [5.41, 5.74) is 1.93. The highest BCUT2D eigenvalue weighted by molar-refractivity contribution is 5.92. The van der Waals surface area contributed by atoms with Gasteiger partial charge in [0.15, 0.2) is 0 Å². The molecule has 0 aliphatic carbocycles. The maximum atomic E-state index is 12.3. The first kappa shape index (κ1) is 16.5. The molecule has 0 spiro atoms. The van der Waals surface area contributed by atoms with Crippen molar-refractivity contribution in [2.75, 3.05) is 32.0 Å². The number of nitrogens with one attached hydrogen (secondary N) is 1. The van der Waals surface area contributed by atoms with E-state index in [2.05, 4.69) is 5.32 Å². The molecule has 1 fully saturated rings. The molecular formula is C17H25N3O2. The van der Waals surface area contributed by atoms with Gasteiger partial charge in [-0.2, -0.15) is 0 Å². The zero-order valence-corrected chi connectivity index (χ0v) is 13.6. The molecule has 22 heavy (non-hydrogen) atoms. The highest BCUT2D eigenvalue weighted by atomic mass is 16.2. The molecule has 0 saturated carbocycles. The van der Waals surface area contributed by atoms with Gasteiger partial charge in [0.25, 0.3) is 0 Å². The zero-order chi connectivity index (χ0) is 16.1. The highest BCUT2D eigenvalue weighted by Crippen LogP contribution is 2.12. The van der Waals surface area contributed by atoms with Crippen LogP contribution in [0.2, 0.25) is 0 Å². The van der Waals surface area contributed by atoms with E-state index in [1.54, 1.807) is 4.90 Å². The van der Waals surface area contributed by atoms with Crippen molar-refractivity contribution in [3.63, 3.8) is 0 Å². The van der Waals surface area contributed by atoms with E-state index >= 15 is 0 Å². The summed E-state index contributed by atoms with van der Waals surface area (Å²) in [6.45, 7) is 5.75. The molecule has 2 rings (SSSR count). The van der Waals surface area contributed by atoms with Crippen LogP contribution in [-0.4, -0.2) is 54.3 Å². The summed E-state index contributed by atoms with van der Waals surface area (Å²) < 4.78 is 0. The Labute approximate surface area is 132 Å². The quantitative estimate of drug-likeness (QED) is 0.903. The topological polar surface area (TPSA) is 52.7 Å². The smallest absolute Gasteiger partial charge is 0.239 e. The summed E-state index contributed by atoms with van der Waals surface area (Å²) >= 11 is 0. The second-order valence-electron chi connectivity index (χ2n) is 6.04. The molecule has 0 unspecified atom stereocenters. The normalized spacial score (nSPS) is 15.9. The summed E-state index contributed by atoms with van der Waals surface area (Å²) in [7, 11) is 1.81. The molecule has 0 bridgehead atoms. The number of hydrogen-bond acceptors (Lipinski definition) is 3. The Kier molecular flexibility index (Phi) is 5.55. The van der Waals surface area contributed by atoms with Crippen LogP contribution in [0.15, 0.2) is 24.3 Å². The number of benzene rings is 1. The third-order valence-corrected chi connectivity index (χ3v) is 4.16. The molecule has 1 aromatic rings. The highest BCUT2D eigenvalue weighted by Gasteiger charge is 2.26. The van der Waals surface area contributed by atoms with E-state index in [1.165, 1.54) is 0 Å². The molecular weight excluding hydrogens is 278 g/mol. The predicted octanol–water partition coefficient (Wildman–Crippen LogP) is 1.88. The first-order valence-electron chi connectivity index (χ1n) is 7.83. The molecule has 1 aliphatic rings. The van der Waals surface area contributed by atoms with Crippen molar-refractivity contribution in [1.82, 2.24) is 9.80 Å². The van der Waals surface area contributed by atoms with Crippen molar-refractivity contribution < 1.29 is 9.59 Å². The van der Waals surface area contributed by atoms with E-state index in [4.69, 9.17) is 0 Å². The first-order valence-corrected chi connectivity index (χ1v) is 7.83. The molecule has 1 N–H and O–H groups in total. The second-order valence-corrected chi connectivity index (χ2v) is 6.04. The molecule has 1 aromatic carbocycles. The van der Waals surface area contributed by atoms with Crippen molar-refractivity contribution in [3.05, 3.63) is 29.8 Å². The standard InChI is InChI=1S/C17H25N3O2/c1-13-6-8-15(9-7-13)18-16(21)12-19(3)14(2)17(22)20-10-4-5-11-20/h6-9,14H,4-5,10-12H2,1-3H3,(H,18,21)/t14-/m0/s1. The van der Waals surface area contributed by atoms with E-state index in [-0.39, 0.29) is 24.4 Å². The number of nitrogens with zero attached hydrogens (tertiary/aromatic N) is 2. The number of aryl methyl sites for hydroxylation is 1. The molecule has 0 radical (unpaired) electrons. The minimum absolute atomic E-state index is 0.104. The SMILES string of the molecule is Cc1ccc(NC(=O)CN(C)[C@@H](C)C(=O)N2CCCC2)cc1. The molecule has 120 valence electrons. The number of carbonyl (C=O) groups is 2. The van der Waals surface area contributed by atoms with Crippen LogP contribution in [-0.2, 0) is 9.59 Å². The van der Waals surface area contributed by atoms with Crippen LogP contribution in [0.5, 0.6) is 0 Å². The lowest BCUT2D eigenvalue weighted by Crippen LogP contribution is -2.46. The van der Waals surface area contributed by atoms with Crippen molar-refractivity contribution in [1.29, 1.82) is 0 Å². The average molecular weight is 303 g/mol. The minimum Gasteiger partial charge on any atom is -0.341 e. The Morgan fingerprint density at radius 3 is 2.41 bits per heavy atom. The lowest BCUT2D eigenvalue weighted by molar-refractivity contribution is -0.135. The minimum atomic E-state index is -0.276. The van der Waals surface area contributed by atoms with Crippen LogP contribution in [0.25, 0.3) is 0 Å². The van der Waals surface area contributed by atoms with Crippen molar-refractivity contribution in [2.24, 2.45) is 0 Å². The number of likely N-dealkylation sites (tertiary alicyclic amines) is 1. The van der Waals surface area contributed by atoms with Gasteiger partial charge >= 0.3 is 0 Å². The fourth-order valence-electron chi connectivity index (χ4n) is 2.59. The summed E-state index contributed by atoms with van der Waals surface area (Å²) in [5, 5.41) is 2.86. The Hall–Kier alpha value is -1.88. The van der Waals surface area contributed by atoms with Crippen LogP contribution in [0.3, 0.4) is 0 Å².